The van der Waals surface area contributed by atoms with Crippen molar-refractivity contribution in [3.63, 3.8) is 0 Å². The summed E-state index contributed by atoms with van der Waals surface area (Å²) in [7, 11) is 0. The molecule has 194 valence electrons. The molecule has 2 atom stereocenters. The van der Waals surface area contributed by atoms with Crippen LogP contribution >= 0.6 is 0 Å². The van der Waals surface area contributed by atoms with Crippen molar-refractivity contribution in [1.29, 1.82) is 0 Å². The predicted molar refractivity (Wildman–Crippen MR) is 146 cm³/mol. The summed E-state index contributed by atoms with van der Waals surface area (Å²) in [6, 6.07) is 21.3. The number of hydroxylamine groups is 4. The van der Waals surface area contributed by atoms with E-state index in [1.54, 1.807) is 0 Å². The van der Waals surface area contributed by atoms with E-state index < -0.39 is 0 Å². The lowest BCUT2D eigenvalue weighted by atomic mass is 9.82. The van der Waals surface area contributed by atoms with Gasteiger partial charge in [0, 0.05) is 11.1 Å². The van der Waals surface area contributed by atoms with Crippen LogP contribution < -0.4 is 0 Å². The highest BCUT2D eigenvalue weighted by Crippen LogP contribution is 2.41. The first-order chi connectivity index (χ1) is 16.3. The first kappa shape index (κ1) is 27.9. The van der Waals surface area contributed by atoms with Crippen molar-refractivity contribution in [3.8, 4) is 0 Å². The molecule has 0 aliphatic carbocycles. The summed E-state index contributed by atoms with van der Waals surface area (Å²) in [5.74, 6) is 0.350. The van der Waals surface area contributed by atoms with Gasteiger partial charge in [-0.3, -0.25) is 9.68 Å². The first-order valence-corrected chi connectivity index (χ1v) is 13.3. The van der Waals surface area contributed by atoms with Crippen molar-refractivity contribution in [2.24, 2.45) is 5.92 Å². The van der Waals surface area contributed by atoms with E-state index in [2.05, 4.69) is 133 Å². The molecule has 0 N–H and O–H groups in total. The molecule has 0 aromatic heterocycles. The molecule has 1 saturated heterocycles. The Labute approximate surface area is 214 Å². The van der Waals surface area contributed by atoms with Gasteiger partial charge in [0.2, 0.25) is 0 Å². The predicted octanol–water partition coefficient (Wildman–Crippen LogP) is 8.13. The monoisotopic (exact) mass is 480 g/mol. The maximum Gasteiger partial charge on any atom is 0.102 e. The maximum absolute atomic E-state index is 6.86. The minimum absolute atomic E-state index is 0.00226. The number of nitrogens with zero attached hydrogens (tertiary/aromatic N) is 2. The zero-order chi connectivity index (χ0) is 25.9. The Kier molecular flexibility index (Phi) is 8.86. The summed E-state index contributed by atoms with van der Waals surface area (Å²) < 4.78 is 0. The van der Waals surface area contributed by atoms with E-state index in [1.165, 1.54) is 17.5 Å². The highest BCUT2D eigenvalue weighted by molar-refractivity contribution is 5.20. The largest absolute Gasteiger partial charge is 0.296 e. The molecule has 0 radical (unpaired) electrons. The molecule has 2 aromatic rings. The smallest absolute Gasteiger partial charge is 0.102 e. The molecule has 0 bridgehead atoms. The third-order valence-corrected chi connectivity index (χ3v) is 7.39. The van der Waals surface area contributed by atoms with Crippen LogP contribution in [-0.2, 0) is 9.68 Å². The zero-order valence-corrected chi connectivity index (χ0v) is 23.5. The number of hydrogen-bond acceptors (Lipinski definition) is 4. The second kappa shape index (κ2) is 11.1. The fraction of sp³-hybridized carbons (Fsp3) is 0.613. The summed E-state index contributed by atoms with van der Waals surface area (Å²) >= 11 is 0. The minimum Gasteiger partial charge on any atom is -0.296 e. The van der Waals surface area contributed by atoms with E-state index in [-0.39, 0.29) is 28.8 Å². The Morgan fingerprint density at radius 3 is 1.80 bits per heavy atom. The van der Waals surface area contributed by atoms with Crippen molar-refractivity contribution in [2.75, 3.05) is 6.61 Å². The molecule has 1 aliphatic heterocycles. The molecule has 4 nitrogen and oxygen atoms in total. The van der Waals surface area contributed by atoms with Crippen molar-refractivity contribution >= 4 is 0 Å². The number of rotatable bonds is 10. The molecule has 2 aromatic carbocycles. The van der Waals surface area contributed by atoms with E-state index in [4.69, 9.17) is 9.68 Å². The average Bonchev–Trinajstić information content (AvgIpc) is 2.78. The van der Waals surface area contributed by atoms with Crippen molar-refractivity contribution < 1.29 is 9.68 Å². The third kappa shape index (κ3) is 6.74. The van der Waals surface area contributed by atoms with E-state index >= 15 is 0 Å². The van der Waals surface area contributed by atoms with Crippen LogP contribution in [0.1, 0.15) is 105 Å². The van der Waals surface area contributed by atoms with Crippen molar-refractivity contribution in [1.82, 2.24) is 10.1 Å². The quantitative estimate of drug-likeness (QED) is 0.320. The summed E-state index contributed by atoms with van der Waals surface area (Å²) in [4.78, 5) is 13.6. The molecule has 1 fully saturated rings. The topological polar surface area (TPSA) is 24.9 Å². The van der Waals surface area contributed by atoms with Gasteiger partial charge >= 0.3 is 0 Å². The molecule has 0 amide bonds. The highest BCUT2D eigenvalue weighted by Gasteiger charge is 2.45. The molecule has 4 heteroatoms. The van der Waals surface area contributed by atoms with Crippen LogP contribution in [0.5, 0.6) is 0 Å². The molecule has 35 heavy (non-hydrogen) atoms. The van der Waals surface area contributed by atoms with Crippen LogP contribution in [0.3, 0.4) is 0 Å². The van der Waals surface area contributed by atoms with E-state index in [9.17, 15) is 0 Å². The van der Waals surface area contributed by atoms with Gasteiger partial charge in [-0.25, -0.2) is 0 Å². The Morgan fingerprint density at radius 1 is 0.829 bits per heavy atom. The maximum atomic E-state index is 6.86. The lowest BCUT2D eigenvalue weighted by Crippen LogP contribution is -2.60. The number of benzene rings is 2. The van der Waals surface area contributed by atoms with Gasteiger partial charge in [0.15, 0.2) is 0 Å². The van der Waals surface area contributed by atoms with Crippen LogP contribution in [0.2, 0.25) is 0 Å². The average molecular weight is 481 g/mol. The Morgan fingerprint density at radius 2 is 1.31 bits per heavy atom. The van der Waals surface area contributed by atoms with Gasteiger partial charge < -0.3 is 0 Å². The van der Waals surface area contributed by atoms with Crippen LogP contribution in [0.25, 0.3) is 0 Å². The second-order valence-corrected chi connectivity index (χ2v) is 12.4. The van der Waals surface area contributed by atoms with Crippen LogP contribution in [0.15, 0.2) is 60.7 Å². The van der Waals surface area contributed by atoms with E-state index in [0.717, 1.165) is 12.8 Å². The van der Waals surface area contributed by atoms with Gasteiger partial charge in [0.25, 0.3) is 0 Å². The molecule has 1 heterocycles. The normalized spacial score (nSPS) is 20.2. The summed E-state index contributed by atoms with van der Waals surface area (Å²) in [6.45, 7) is 20.9. The van der Waals surface area contributed by atoms with Gasteiger partial charge in [-0.1, -0.05) is 74.5 Å². The molecule has 0 spiro atoms. The summed E-state index contributed by atoms with van der Waals surface area (Å²) in [6.07, 6.45) is 3.43. The summed E-state index contributed by atoms with van der Waals surface area (Å²) in [5, 5.41) is 4.48. The fourth-order valence-corrected chi connectivity index (χ4v) is 5.59. The molecule has 2 unspecified atom stereocenters. The highest BCUT2D eigenvalue weighted by atomic mass is 16.7. The van der Waals surface area contributed by atoms with Crippen LogP contribution in [0, 0.1) is 5.92 Å². The summed E-state index contributed by atoms with van der Waals surface area (Å²) in [5.41, 5.74) is 2.05. The molecular weight excluding hydrogens is 432 g/mol. The Hall–Kier alpha value is -1.72. The molecule has 0 saturated carbocycles. The third-order valence-electron chi connectivity index (χ3n) is 7.39. The second-order valence-electron chi connectivity index (χ2n) is 12.4. The Balaban J connectivity index is 1.93. The van der Waals surface area contributed by atoms with Crippen LogP contribution in [-0.4, -0.2) is 33.4 Å². The molecular formula is C31H48N2O2. The van der Waals surface area contributed by atoms with Crippen molar-refractivity contribution in [3.05, 3.63) is 71.8 Å². The van der Waals surface area contributed by atoms with Gasteiger partial charge in [-0.05, 0) is 84.8 Å². The van der Waals surface area contributed by atoms with E-state index in [1.807, 2.05) is 0 Å². The molecule has 1 aliphatic rings. The fourth-order valence-electron chi connectivity index (χ4n) is 5.59. The lowest BCUT2D eigenvalue weighted by Gasteiger charge is -2.53. The molecule has 3 rings (SSSR count). The first-order valence-electron chi connectivity index (χ1n) is 13.3. The zero-order valence-electron chi connectivity index (χ0n) is 23.5. The standard InChI is InChI=1S/C31H48N2O2/c1-24(2)28(27-19-14-11-15-20-27)32(35-25(3)26-17-12-10-13-18-26)31(8,9)23-34-33-29(4,5)21-16-22-30(33,6)7/h10-15,17-20,24-25,28H,16,21-23H2,1-9H3. The van der Waals surface area contributed by atoms with Crippen molar-refractivity contribution in [2.45, 2.75) is 110 Å². The Bertz CT molecular complexity index is 892. The van der Waals surface area contributed by atoms with E-state index in [0.29, 0.717) is 12.5 Å². The number of piperidine rings is 1. The van der Waals surface area contributed by atoms with Crippen LogP contribution in [0.4, 0.5) is 0 Å². The number of hydrogen-bond donors (Lipinski definition) is 0. The van der Waals surface area contributed by atoms with Gasteiger partial charge in [0.05, 0.1) is 18.2 Å². The minimum atomic E-state index is -0.378. The SMILES string of the molecule is CC(ON(C(c1ccccc1)C(C)C)C(C)(C)CON1C(C)(C)CCCC1(C)C)c1ccccc1. The van der Waals surface area contributed by atoms with Gasteiger partial charge in [-0.15, -0.1) is 0 Å². The van der Waals surface area contributed by atoms with Gasteiger partial charge in [-0.2, -0.15) is 10.1 Å². The van der Waals surface area contributed by atoms with Gasteiger partial charge in [0.1, 0.15) is 6.10 Å². The lowest BCUT2D eigenvalue weighted by molar-refractivity contribution is -0.330.